The predicted octanol–water partition coefficient (Wildman–Crippen LogP) is 1.65. The van der Waals surface area contributed by atoms with Crippen LogP contribution >= 0.6 is 0 Å². The molecule has 0 saturated heterocycles. The van der Waals surface area contributed by atoms with Crippen molar-refractivity contribution in [2.45, 2.75) is 19.4 Å². The number of benzene rings is 1. The number of nitrogens with two attached hydrogens (primary N) is 1. The van der Waals surface area contributed by atoms with Crippen LogP contribution in [0.2, 0.25) is 0 Å². The zero-order valence-electron chi connectivity index (χ0n) is 9.80. The Kier molecular flexibility index (Phi) is 3.67. The minimum Gasteiger partial charge on any atom is -0.494 e. The topological polar surface area (TPSA) is 64.3 Å². The van der Waals surface area contributed by atoms with Crippen molar-refractivity contribution in [3.05, 3.63) is 23.8 Å². The van der Waals surface area contributed by atoms with Crippen molar-refractivity contribution >= 4 is 11.6 Å². The van der Waals surface area contributed by atoms with Gasteiger partial charge < -0.3 is 15.8 Å². The Morgan fingerprint density at radius 3 is 2.41 bits per heavy atom. The lowest BCUT2D eigenvalue weighted by molar-refractivity contribution is -0.120. The van der Waals surface area contributed by atoms with Crippen LogP contribution in [0.25, 0.3) is 0 Å². The van der Waals surface area contributed by atoms with Crippen molar-refractivity contribution < 1.29 is 18.3 Å². The summed E-state index contributed by atoms with van der Waals surface area (Å²) < 4.78 is 31.4. The molecule has 0 unspecified atom stereocenters. The van der Waals surface area contributed by atoms with Gasteiger partial charge in [-0.15, -0.1) is 0 Å². The van der Waals surface area contributed by atoms with Crippen molar-refractivity contribution in [3.63, 3.8) is 0 Å². The summed E-state index contributed by atoms with van der Waals surface area (Å²) in [5.41, 5.74) is 4.07. The molecule has 94 valence electrons. The van der Waals surface area contributed by atoms with E-state index in [-0.39, 0.29) is 11.4 Å². The van der Waals surface area contributed by atoms with Gasteiger partial charge in [0.15, 0.2) is 17.4 Å². The zero-order chi connectivity index (χ0) is 13.2. The normalized spacial score (nSPS) is 11.2. The van der Waals surface area contributed by atoms with Gasteiger partial charge in [0, 0.05) is 12.1 Å². The molecule has 1 aromatic rings. The van der Waals surface area contributed by atoms with Gasteiger partial charge >= 0.3 is 0 Å². The first-order valence-electron chi connectivity index (χ1n) is 4.89. The van der Waals surface area contributed by atoms with Gasteiger partial charge in [-0.25, -0.2) is 8.78 Å². The molecule has 0 fully saturated rings. The molecule has 0 radical (unpaired) electrons. The number of nitrogens with one attached hydrogen (secondary N) is 1. The quantitative estimate of drug-likeness (QED) is 0.849. The molecule has 1 aromatic carbocycles. The summed E-state index contributed by atoms with van der Waals surface area (Å²) in [7, 11) is 1.22. The van der Waals surface area contributed by atoms with E-state index in [2.05, 4.69) is 10.1 Å². The summed E-state index contributed by atoms with van der Waals surface area (Å²) in [6.07, 6.45) is 0. The number of hydrogen-bond donors (Lipinski definition) is 2. The van der Waals surface area contributed by atoms with Gasteiger partial charge in [0.1, 0.15) is 0 Å². The first-order chi connectivity index (χ1) is 7.75. The monoisotopic (exact) mass is 244 g/mol. The molecule has 1 amide bonds. The van der Waals surface area contributed by atoms with Gasteiger partial charge in [-0.1, -0.05) is 0 Å². The van der Waals surface area contributed by atoms with Crippen molar-refractivity contribution in [2.75, 3.05) is 12.4 Å². The van der Waals surface area contributed by atoms with Crippen LogP contribution in [-0.4, -0.2) is 18.6 Å². The first-order valence-corrected chi connectivity index (χ1v) is 4.89. The lowest BCUT2D eigenvalue weighted by Crippen LogP contribution is -2.45. The third kappa shape index (κ3) is 3.13. The van der Waals surface area contributed by atoms with E-state index in [0.29, 0.717) is 0 Å². The van der Waals surface area contributed by atoms with Crippen LogP contribution in [0.1, 0.15) is 13.8 Å². The molecule has 0 bridgehead atoms. The molecule has 0 aliphatic heterocycles. The average Bonchev–Trinajstić information content (AvgIpc) is 2.21. The van der Waals surface area contributed by atoms with E-state index in [1.807, 2.05) is 0 Å². The van der Waals surface area contributed by atoms with E-state index in [0.717, 1.165) is 12.1 Å². The van der Waals surface area contributed by atoms with Crippen LogP contribution in [-0.2, 0) is 4.79 Å². The summed E-state index contributed by atoms with van der Waals surface area (Å²) >= 11 is 0. The van der Waals surface area contributed by atoms with Crippen LogP contribution in [0.3, 0.4) is 0 Å². The second-order valence-corrected chi connectivity index (χ2v) is 4.14. The van der Waals surface area contributed by atoms with E-state index in [9.17, 15) is 13.6 Å². The van der Waals surface area contributed by atoms with Gasteiger partial charge in [0.25, 0.3) is 0 Å². The highest BCUT2D eigenvalue weighted by atomic mass is 19.1. The van der Waals surface area contributed by atoms with Crippen LogP contribution in [0.4, 0.5) is 14.5 Å². The lowest BCUT2D eigenvalue weighted by atomic mass is 10.1. The van der Waals surface area contributed by atoms with E-state index in [1.54, 1.807) is 0 Å². The molecule has 0 atom stereocenters. The van der Waals surface area contributed by atoms with Crippen molar-refractivity contribution in [3.8, 4) is 5.75 Å². The number of methoxy groups -OCH3 is 1. The molecule has 0 spiro atoms. The number of carbonyl (C=O) groups is 1. The molecule has 0 heterocycles. The Bertz CT molecular complexity index is 442. The number of rotatable bonds is 3. The molecule has 0 aromatic heterocycles. The van der Waals surface area contributed by atoms with Crippen molar-refractivity contribution in [1.29, 1.82) is 0 Å². The minimum atomic E-state index is -1.18. The molecule has 4 nitrogen and oxygen atoms in total. The number of anilines is 1. The van der Waals surface area contributed by atoms with Gasteiger partial charge in [-0.3, -0.25) is 4.79 Å². The van der Waals surface area contributed by atoms with E-state index in [1.165, 1.54) is 21.0 Å². The number of ether oxygens (including phenoxy) is 1. The smallest absolute Gasteiger partial charge is 0.243 e. The Hall–Kier alpha value is -1.69. The van der Waals surface area contributed by atoms with Crippen LogP contribution in [0.5, 0.6) is 5.75 Å². The van der Waals surface area contributed by atoms with E-state index in [4.69, 9.17) is 5.73 Å². The molecular formula is C11H14F2N2O2. The maximum atomic E-state index is 13.5. The highest BCUT2D eigenvalue weighted by Crippen LogP contribution is 2.25. The number of hydrogen-bond acceptors (Lipinski definition) is 3. The summed E-state index contributed by atoms with van der Waals surface area (Å²) in [4.78, 5) is 11.5. The van der Waals surface area contributed by atoms with Gasteiger partial charge in [-0.05, 0) is 13.8 Å². The van der Waals surface area contributed by atoms with E-state index >= 15 is 0 Å². The lowest BCUT2D eigenvalue weighted by Gasteiger charge is -2.18. The maximum absolute atomic E-state index is 13.5. The fourth-order valence-corrected chi connectivity index (χ4v) is 1.06. The number of amides is 1. The standard InChI is InChI=1S/C11H14F2N2O2/c1-11(2,14)10(16)15-8-4-7(13)9(17-3)5-6(8)12/h4-5H,14H2,1-3H3,(H,15,16). The fraction of sp³-hybridized carbons (Fsp3) is 0.364. The highest BCUT2D eigenvalue weighted by molar-refractivity contribution is 5.97. The largest absolute Gasteiger partial charge is 0.494 e. The number of halogens is 2. The van der Waals surface area contributed by atoms with Gasteiger partial charge in [-0.2, -0.15) is 0 Å². The third-order valence-electron chi connectivity index (χ3n) is 2.07. The zero-order valence-corrected chi connectivity index (χ0v) is 9.80. The maximum Gasteiger partial charge on any atom is 0.243 e. The summed E-state index contributed by atoms with van der Waals surface area (Å²) in [5.74, 6) is -2.40. The molecule has 0 aliphatic carbocycles. The van der Waals surface area contributed by atoms with Crippen LogP contribution in [0.15, 0.2) is 12.1 Å². The van der Waals surface area contributed by atoms with Crippen molar-refractivity contribution in [1.82, 2.24) is 0 Å². The Balaban J connectivity index is 3.01. The molecule has 0 saturated carbocycles. The Morgan fingerprint density at radius 2 is 1.94 bits per heavy atom. The first kappa shape index (κ1) is 13.4. The van der Waals surface area contributed by atoms with Crippen LogP contribution in [0, 0.1) is 11.6 Å². The Morgan fingerprint density at radius 1 is 1.35 bits per heavy atom. The molecule has 6 heteroatoms. The van der Waals surface area contributed by atoms with Crippen LogP contribution < -0.4 is 15.8 Å². The van der Waals surface area contributed by atoms with Crippen molar-refractivity contribution in [2.24, 2.45) is 5.73 Å². The second kappa shape index (κ2) is 4.67. The molecule has 3 N–H and O–H groups in total. The average molecular weight is 244 g/mol. The molecular weight excluding hydrogens is 230 g/mol. The summed E-state index contributed by atoms with van der Waals surface area (Å²) in [6, 6.07) is 1.70. The van der Waals surface area contributed by atoms with E-state index < -0.39 is 23.1 Å². The predicted molar refractivity (Wildman–Crippen MR) is 59.8 cm³/mol. The third-order valence-corrected chi connectivity index (χ3v) is 2.07. The molecule has 1 rings (SSSR count). The highest BCUT2D eigenvalue weighted by Gasteiger charge is 2.23. The van der Waals surface area contributed by atoms with Gasteiger partial charge in [0.2, 0.25) is 5.91 Å². The molecule has 0 aliphatic rings. The second-order valence-electron chi connectivity index (χ2n) is 4.14. The fourth-order valence-electron chi connectivity index (χ4n) is 1.06. The Labute approximate surface area is 97.8 Å². The van der Waals surface area contributed by atoms with Gasteiger partial charge in [0.05, 0.1) is 18.3 Å². The minimum absolute atomic E-state index is 0.229. The summed E-state index contributed by atoms with van der Waals surface area (Å²) in [6.45, 7) is 2.92. The SMILES string of the molecule is COc1cc(F)c(NC(=O)C(C)(C)N)cc1F. The summed E-state index contributed by atoms with van der Waals surface area (Å²) in [5, 5.41) is 2.21. The number of carbonyl (C=O) groups excluding carboxylic acids is 1. The molecule has 17 heavy (non-hydrogen) atoms.